The third-order valence-electron chi connectivity index (χ3n) is 0.992. The number of hydrogen-bond acceptors (Lipinski definition) is 3. The molecular weight excluding hydrogens is 122 g/mol. The normalized spacial score (nSPS) is 16.8. The summed E-state index contributed by atoms with van der Waals surface area (Å²) >= 11 is 1.17. The molecule has 2 nitrogen and oxygen atoms in total. The maximum atomic E-state index is 9.04. The largest absolute Gasteiger partial charge is 0.367 e. The fraction of sp³-hybridized carbons (Fsp3) is 0.800. The molecule has 0 fully saturated rings. The molecule has 0 spiro atoms. The molecule has 0 aromatic heterocycles. The van der Waals surface area contributed by atoms with Gasteiger partial charge >= 0.3 is 0 Å². The number of rotatable bonds is 2. The highest BCUT2D eigenvalue weighted by molar-refractivity contribution is 8.00. The van der Waals surface area contributed by atoms with Gasteiger partial charge in [-0.3, -0.25) is 0 Å². The number of nitrogens with zero attached hydrogens (tertiary/aromatic N) is 1. The van der Waals surface area contributed by atoms with E-state index in [1.165, 1.54) is 11.8 Å². The van der Waals surface area contributed by atoms with E-state index in [9.17, 15) is 0 Å². The van der Waals surface area contributed by atoms with Gasteiger partial charge in [-0.1, -0.05) is 6.92 Å². The summed E-state index contributed by atoms with van der Waals surface area (Å²) < 4.78 is 0. The van der Waals surface area contributed by atoms with Gasteiger partial charge in [0.2, 0.25) is 0 Å². The molecule has 0 amide bonds. The Bertz CT molecular complexity index is 103. The van der Waals surface area contributed by atoms with Crippen LogP contribution in [0.4, 0.5) is 0 Å². The predicted molar refractivity (Wildman–Crippen MR) is 34.4 cm³/mol. The first-order chi connectivity index (χ1) is 3.68. The number of aliphatic hydroxyl groups is 1. The molecule has 1 atom stereocenters. The van der Waals surface area contributed by atoms with Crippen molar-refractivity contribution in [1.29, 1.82) is 5.26 Å². The summed E-state index contributed by atoms with van der Waals surface area (Å²) in [7, 11) is 0. The zero-order valence-electron chi connectivity index (χ0n) is 5.01. The second kappa shape index (κ2) is 2.95. The Hall–Kier alpha value is -0.200. The molecule has 0 bridgehead atoms. The lowest BCUT2D eigenvalue weighted by atomic mass is 10.3. The molecule has 0 aliphatic heterocycles. The van der Waals surface area contributed by atoms with Gasteiger partial charge in [0.1, 0.15) is 6.07 Å². The molecule has 0 saturated heterocycles. The van der Waals surface area contributed by atoms with E-state index in [1.54, 1.807) is 19.2 Å². The van der Waals surface area contributed by atoms with Gasteiger partial charge < -0.3 is 5.11 Å². The maximum Gasteiger partial charge on any atom is 0.197 e. The van der Waals surface area contributed by atoms with Crippen molar-refractivity contribution in [2.24, 2.45) is 0 Å². The van der Waals surface area contributed by atoms with Crippen LogP contribution >= 0.6 is 11.8 Å². The molecule has 1 unspecified atom stereocenters. The van der Waals surface area contributed by atoms with Crippen LogP contribution in [0.1, 0.15) is 13.3 Å². The van der Waals surface area contributed by atoms with Crippen molar-refractivity contribution in [3.05, 3.63) is 0 Å². The van der Waals surface area contributed by atoms with Crippen LogP contribution in [-0.4, -0.2) is 16.3 Å². The summed E-state index contributed by atoms with van der Waals surface area (Å²) in [5.41, 5.74) is 0. The minimum absolute atomic E-state index is 0.477. The molecule has 8 heavy (non-hydrogen) atoms. The SMILES string of the molecule is CCC(O)(C#N)SC. The van der Waals surface area contributed by atoms with Crippen LogP contribution in [0.25, 0.3) is 0 Å². The average molecular weight is 131 g/mol. The Kier molecular flexibility index (Phi) is 2.88. The standard InChI is InChI=1S/C5H9NOS/c1-3-5(7,4-6)8-2/h7H,3H2,1-2H3. The molecule has 0 aromatic carbocycles. The first kappa shape index (κ1) is 7.80. The van der Waals surface area contributed by atoms with Gasteiger partial charge in [-0.25, -0.2) is 0 Å². The third kappa shape index (κ3) is 1.73. The van der Waals surface area contributed by atoms with Crippen molar-refractivity contribution in [3.63, 3.8) is 0 Å². The van der Waals surface area contributed by atoms with Gasteiger partial charge in [0, 0.05) is 0 Å². The van der Waals surface area contributed by atoms with Crippen molar-refractivity contribution in [2.75, 3.05) is 6.26 Å². The lowest BCUT2D eigenvalue weighted by molar-refractivity contribution is 0.191. The Balaban J connectivity index is 3.83. The van der Waals surface area contributed by atoms with Crippen molar-refractivity contribution in [3.8, 4) is 6.07 Å². The molecule has 0 aromatic rings. The van der Waals surface area contributed by atoms with Gasteiger partial charge in [0.25, 0.3) is 0 Å². The number of hydrogen-bond donors (Lipinski definition) is 1. The predicted octanol–water partition coefficient (Wildman–Crippen LogP) is 0.972. The Morgan fingerprint density at radius 2 is 2.38 bits per heavy atom. The summed E-state index contributed by atoms with van der Waals surface area (Å²) in [6.07, 6.45) is 2.19. The van der Waals surface area contributed by atoms with E-state index in [0.717, 1.165) is 0 Å². The third-order valence-corrected chi connectivity index (χ3v) is 2.05. The van der Waals surface area contributed by atoms with Gasteiger partial charge in [-0.05, 0) is 12.7 Å². The van der Waals surface area contributed by atoms with Crippen LogP contribution < -0.4 is 0 Å². The Morgan fingerprint density at radius 3 is 2.38 bits per heavy atom. The maximum absolute atomic E-state index is 9.04. The fourth-order valence-corrected chi connectivity index (χ4v) is 0.649. The lowest BCUT2D eigenvalue weighted by Crippen LogP contribution is -2.18. The molecule has 0 radical (unpaired) electrons. The quantitative estimate of drug-likeness (QED) is 0.448. The summed E-state index contributed by atoms with van der Waals surface area (Å²) in [6.45, 7) is 1.78. The van der Waals surface area contributed by atoms with E-state index in [4.69, 9.17) is 10.4 Å². The lowest BCUT2D eigenvalue weighted by Gasteiger charge is -2.12. The summed E-state index contributed by atoms with van der Waals surface area (Å²) in [5, 5.41) is 17.3. The smallest absolute Gasteiger partial charge is 0.197 e. The first-order valence-electron chi connectivity index (χ1n) is 2.37. The van der Waals surface area contributed by atoms with Crippen molar-refractivity contribution in [2.45, 2.75) is 18.3 Å². The van der Waals surface area contributed by atoms with Crippen LogP contribution in [0.2, 0.25) is 0 Å². The Labute approximate surface area is 53.5 Å². The van der Waals surface area contributed by atoms with Crippen molar-refractivity contribution >= 4 is 11.8 Å². The minimum Gasteiger partial charge on any atom is -0.367 e. The van der Waals surface area contributed by atoms with Gasteiger partial charge in [0.15, 0.2) is 4.93 Å². The van der Waals surface area contributed by atoms with Crippen LogP contribution in [0.15, 0.2) is 0 Å². The molecular formula is C5H9NOS. The molecule has 0 aliphatic rings. The van der Waals surface area contributed by atoms with E-state index in [1.807, 2.05) is 0 Å². The molecule has 0 rings (SSSR count). The summed E-state index contributed by atoms with van der Waals surface area (Å²) in [4.78, 5) is -1.15. The number of thioether (sulfide) groups is 1. The van der Waals surface area contributed by atoms with Crippen molar-refractivity contribution in [1.82, 2.24) is 0 Å². The summed E-state index contributed by atoms with van der Waals surface area (Å²) in [6, 6.07) is 1.80. The van der Waals surface area contributed by atoms with Crippen LogP contribution in [-0.2, 0) is 0 Å². The topological polar surface area (TPSA) is 44.0 Å². The minimum atomic E-state index is -1.15. The first-order valence-corrected chi connectivity index (χ1v) is 3.59. The van der Waals surface area contributed by atoms with Crippen LogP contribution in [0, 0.1) is 11.3 Å². The van der Waals surface area contributed by atoms with Crippen LogP contribution in [0.5, 0.6) is 0 Å². The highest BCUT2D eigenvalue weighted by atomic mass is 32.2. The van der Waals surface area contributed by atoms with Crippen molar-refractivity contribution < 1.29 is 5.11 Å². The van der Waals surface area contributed by atoms with Gasteiger partial charge in [-0.2, -0.15) is 5.26 Å². The molecule has 3 heteroatoms. The highest BCUT2D eigenvalue weighted by Gasteiger charge is 2.20. The van der Waals surface area contributed by atoms with E-state index in [-0.39, 0.29) is 0 Å². The van der Waals surface area contributed by atoms with E-state index in [0.29, 0.717) is 6.42 Å². The second-order valence-corrected chi connectivity index (χ2v) is 2.54. The van der Waals surface area contributed by atoms with Crippen LogP contribution in [0.3, 0.4) is 0 Å². The zero-order valence-corrected chi connectivity index (χ0v) is 5.83. The molecule has 0 aliphatic carbocycles. The molecule has 0 heterocycles. The highest BCUT2D eigenvalue weighted by Crippen LogP contribution is 2.20. The van der Waals surface area contributed by atoms with E-state index < -0.39 is 4.93 Å². The van der Waals surface area contributed by atoms with E-state index in [2.05, 4.69) is 0 Å². The van der Waals surface area contributed by atoms with E-state index >= 15 is 0 Å². The number of nitriles is 1. The summed E-state index contributed by atoms with van der Waals surface area (Å²) in [5.74, 6) is 0. The average Bonchev–Trinajstić information content (AvgIpc) is 1.87. The molecule has 46 valence electrons. The van der Waals surface area contributed by atoms with Gasteiger partial charge in [0.05, 0.1) is 0 Å². The Morgan fingerprint density at radius 1 is 1.88 bits per heavy atom. The second-order valence-electron chi connectivity index (χ2n) is 1.45. The van der Waals surface area contributed by atoms with Gasteiger partial charge in [-0.15, -0.1) is 11.8 Å². The fourth-order valence-electron chi connectivity index (χ4n) is 0.269. The molecule has 1 N–H and O–H groups in total. The molecule has 0 saturated carbocycles. The zero-order chi connectivity index (χ0) is 6.62. The monoisotopic (exact) mass is 131 g/mol.